The monoisotopic (exact) mass is 462 g/mol. The Hall–Kier alpha value is -3.84. The largest absolute Gasteiger partial charge is 0.329 e. The highest BCUT2D eigenvalue weighted by molar-refractivity contribution is 6.32. The lowest BCUT2D eigenvalue weighted by atomic mass is 10.2. The molecule has 1 aliphatic heterocycles. The number of nitrogens with one attached hydrogen (secondary N) is 2. The van der Waals surface area contributed by atoms with Crippen molar-refractivity contribution in [3.05, 3.63) is 87.8 Å². The van der Waals surface area contributed by atoms with Crippen LogP contribution in [0.4, 0.5) is 10.5 Å². The van der Waals surface area contributed by atoms with Crippen LogP contribution in [0.15, 0.2) is 60.3 Å². The van der Waals surface area contributed by atoms with Crippen molar-refractivity contribution >= 4 is 41.2 Å². The predicted molar refractivity (Wildman–Crippen MR) is 128 cm³/mol. The van der Waals surface area contributed by atoms with E-state index in [-0.39, 0.29) is 12.2 Å². The number of anilines is 1. The van der Waals surface area contributed by atoms with E-state index in [1.165, 1.54) is 0 Å². The van der Waals surface area contributed by atoms with Gasteiger partial charge < -0.3 is 15.2 Å². The van der Waals surface area contributed by atoms with E-state index in [2.05, 4.69) is 10.6 Å². The minimum Gasteiger partial charge on any atom is -0.325 e. The van der Waals surface area contributed by atoms with Crippen LogP contribution < -0.4 is 10.6 Å². The summed E-state index contributed by atoms with van der Waals surface area (Å²) < 4.78 is 1.99. The second-order valence-corrected chi connectivity index (χ2v) is 8.31. The third-order valence-corrected chi connectivity index (χ3v) is 5.78. The Bertz CT molecular complexity index is 1290. The number of halogens is 1. The number of hydrogen-bond acceptors (Lipinski definition) is 3. The molecule has 0 unspecified atom stereocenters. The molecule has 8 heteroatoms. The summed E-state index contributed by atoms with van der Waals surface area (Å²) in [6.45, 7) is 5.42. The lowest BCUT2D eigenvalue weighted by Crippen LogP contribution is -2.38. The minimum absolute atomic E-state index is 0.113. The molecule has 33 heavy (non-hydrogen) atoms. The summed E-state index contributed by atoms with van der Waals surface area (Å²) in [5.74, 6) is -1.01. The number of rotatable bonds is 5. The topological polar surface area (TPSA) is 83.4 Å². The Balaban J connectivity index is 1.53. The van der Waals surface area contributed by atoms with Crippen LogP contribution in [0.5, 0.6) is 0 Å². The van der Waals surface area contributed by atoms with Gasteiger partial charge in [-0.15, -0.1) is 0 Å². The SMILES string of the molecule is Cc1ccc(NC(=O)CN2C(=O)N/C(=C\c3cc(C)n(-c4ccccc4Cl)c3C)C2=O)cc1. The lowest BCUT2D eigenvalue weighted by molar-refractivity contribution is -0.127. The molecule has 2 N–H and O–H groups in total. The Morgan fingerprint density at radius 2 is 1.76 bits per heavy atom. The maximum absolute atomic E-state index is 12.8. The molecular weight excluding hydrogens is 440 g/mol. The van der Waals surface area contributed by atoms with E-state index in [4.69, 9.17) is 11.6 Å². The molecule has 0 saturated carbocycles. The van der Waals surface area contributed by atoms with Crippen molar-refractivity contribution in [1.29, 1.82) is 0 Å². The van der Waals surface area contributed by atoms with Gasteiger partial charge in [0.2, 0.25) is 5.91 Å². The smallest absolute Gasteiger partial charge is 0.325 e. The quantitative estimate of drug-likeness (QED) is 0.429. The molecular formula is C25H23ClN4O3. The van der Waals surface area contributed by atoms with Crippen molar-refractivity contribution in [2.45, 2.75) is 20.8 Å². The summed E-state index contributed by atoms with van der Waals surface area (Å²) in [4.78, 5) is 38.5. The number of carbonyl (C=O) groups is 3. The summed E-state index contributed by atoms with van der Waals surface area (Å²) in [5.41, 5.74) is 5.16. The van der Waals surface area contributed by atoms with Gasteiger partial charge in [0.1, 0.15) is 12.2 Å². The van der Waals surface area contributed by atoms with Crippen LogP contribution in [0.2, 0.25) is 5.02 Å². The average Bonchev–Trinajstić information content (AvgIpc) is 3.19. The highest BCUT2D eigenvalue weighted by atomic mass is 35.5. The zero-order valence-corrected chi connectivity index (χ0v) is 19.2. The molecule has 1 aliphatic rings. The number of aromatic nitrogens is 1. The van der Waals surface area contributed by atoms with Crippen molar-refractivity contribution in [1.82, 2.24) is 14.8 Å². The third kappa shape index (κ3) is 4.54. The van der Waals surface area contributed by atoms with Gasteiger partial charge in [0.05, 0.1) is 10.7 Å². The summed E-state index contributed by atoms with van der Waals surface area (Å²) in [7, 11) is 0. The second-order valence-electron chi connectivity index (χ2n) is 7.91. The van der Waals surface area contributed by atoms with Crippen molar-refractivity contribution in [3.8, 4) is 5.69 Å². The first-order valence-electron chi connectivity index (χ1n) is 10.4. The first-order valence-corrected chi connectivity index (χ1v) is 10.8. The molecule has 7 nitrogen and oxygen atoms in total. The van der Waals surface area contributed by atoms with Crippen molar-refractivity contribution in [3.63, 3.8) is 0 Å². The fourth-order valence-corrected chi connectivity index (χ4v) is 4.01. The van der Waals surface area contributed by atoms with E-state index in [0.29, 0.717) is 10.7 Å². The van der Waals surface area contributed by atoms with Gasteiger partial charge in [0.15, 0.2) is 0 Å². The summed E-state index contributed by atoms with van der Waals surface area (Å²) in [6, 6.07) is 16.0. The molecule has 0 aliphatic carbocycles. The number of benzene rings is 2. The Morgan fingerprint density at radius 3 is 2.45 bits per heavy atom. The van der Waals surface area contributed by atoms with E-state index in [0.717, 1.165) is 33.1 Å². The van der Waals surface area contributed by atoms with Crippen molar-refractivity contribution in [2.75, 3.05) is 11.9 Å². The van der Waals surface area contributed by atoms with Crippen LogP contribution in [0.1, 0.15) is 22.5 Å². The zero-order chi connectivity index (χ0) is 23.7. The molecule has 3 aromatic rings. The van der Waals surface area contributed by atoms with Gasteiger partial charge in [0, 0.05) is 17.1 Å². The number of nitrogens with zero attached hydrogens (tertiary/aromatic N) is 2. The van der Waals surface area contributed by atoms with Crippen LogP contribution in [-0.2, 0) is 9.59 Å². The van der Waals surface area contributed by atoms with Crippen molar-refractivity contribution < 1.29 is 14.4 Å². The molecule has 1 aromatic heterocycles. The summed E-state index contributed by atoms with van der Waals surface area (Å²) in [6.07, 6.45) is 1.62. The number of carbonyl (C=O) groups excluding carboxylic acids is 3. The van der Waals surface area contributed by atoms with Gasteiger partial charge in [-0.2, -0.15) is 0 Å². The first kappa shape index (κ1) is 22.4. The van der Waals surface area contributed by atoms with E-state index in [9.17, 15) is 14.4 Å². The molecule has 0 bridgehead atoms. The van der Waals surface area contributed by atoms with Gasteiger partial charge in [-0.05, 0) is 62.7 Å². The first-order chi connectivity index (χ1) is 15.7. The highest BCUT2D eigenvalue weighted by Crippen LogP contribution is 2.28. The molecule has 4 rings (SSSR count). The molecule has 0 spiro atoms. The summed E-state index contributed by atoms with van der Waals surface area (Å²) >= 11 is 6.37. The maximum atomic E-state index is 12.8. The van der Waals surface area contributed by atoms with Gasteiger partial charge in [-0.25, -0.2) is 9.69 Å². The molecule has 0 atom stereocenters. The van der Waals surface area contributed by atoms with Crippen molar-refractivity contribution in [2.24, 2.45) is 0 Å². The van der Waals surface area contributed by atoms with Gasteiger partial charge in [0.25, 0.3) is 5.91 Å². The van der Waals surface area contributed by atoms with Crippen LogP contribution >= 0.6 is 11.6 Å². The van der Waals surface area contributed by atoms with Crippen LogP contribution in [0, 0.1) is 20.8 Å². The number of aryl methyl sites for hydroxylation is 2. The van der Waals surface area contributed by atoms with Crippen LogP contribution in [0.3, 0.4) is 0 Å². The zero-order valence-electron chi connectivity index (χ0n) is 18.5. The van der Waals surface area contributed by atoms with E-state index in [1.807, 2.05) is 67.8 Å². The molecule has 2 heterocycles. The number of hydrogen-bond donors (Lipinski definition) is 2. The van der Waals surface area contributed by atoms with Crippen LogP contribution in [-0.4, -0.2) is 33.9 Å². The van der Waals surface area contributed by atoms with Gasteiger partial charge in [-0.1, -0.05) is 41.4 Å². The average molecular weight is 463 g/mol. The second kappa shape index (κ2) is 8.96. The van der Waals surface area contributed by atoms with E-state index < -0.39 is 17.8 Å². The molecule has 0 radical (unpaired) electrons. The highest BCUT2D eigenvalue weighted by Gasteiger charge is 2.35. The Kier molecular flexibility index (Phi) is 6.07. The molecule has 168 valence electrons. The summed E-state index contributed by atoms with van der Waals surface area (Å²) in [5, 5.41) is 5.87. The van der Waals surface area contributed by atoms with Gasteiger partial charge >= 0.3 is 6.03 Å². The molecule has 1 saturated heterocycles. The molecule has 4 amide bonds. The lowest BCUT2D eigenvalue weighted by Gasteiger charge is -2.12. The Morgan fingerprint density at radius 1 is 1.06 bits per heavy atom. The molecule has 1 fully saturated rings. The maximum Gasteiger partial charge on any atom is 0.329 e. The van der Waals surface area contributed by atoms with E-state index in [1.54, 1.807) is 18.2 Å². The standard InChI is InChI=1S/C25H23ClN4O3/c1-15-8-10-19(11-9-15)27-23(31)14-29-24(32)21(28-25(29)33)13-18-12-16(2)30(17(18)3)22-7-5-4-6-20(22)26/h4-13H,14H2,1-3H3,(H,27,31)(H,28,33)/b21-13-. The number of para-hydroxylation sites is 1. The normalized spacial score (nSPS) is 14.7. The fraction of sp³-hybridized carbons (Fsp3) is 0.160. The number of urea groups is 1. The molecule has 2 aromatic carbocycles. The van der Waals surface area contributed by atoms with Crippen LogP contribution in [0.25, 0.3) is 11.8 Å². The van der Waals surface area contributed by atoms with Gasteiger partial charge in [-0.3, -0.25) is 9.59 Å². The number of amides is 4. The fourth-order valence-electron chi connectivity index (χ4n) is 3.79. The minimum atomic E-state index is -0.634. The Labute approximate surface area is 196 Å². The third-order valence-electron chi connectivity index (χ3n) is 5.46. The number of imide groups is 1. The predicted octanol–water partition coefficient (Wildman–Crippen LogP) is 4.59. The van der Waals surface area contributed by atoms with E-state index >= 15 is 0 Å².